The number of nitrogens with two attached hydrogens (primary N) is 1. The highest BCUT2D eigenvalue weighted by Gasteiger charge is 2.34. The molecule has 1 aliphatic heterocycles. The van der Waals surface area contributed by atoms with Crippen molar-refractivity contribution in [1.82, 2.24) is 4.90 Å². The average Bonchev–Trinajstić information content (AvgIpc) is 2.47. The summed E-state index contributed by atoms with van der Waals surface area (Å²) < 4.78 is 5.85. The number of nitrogens with zero attached hydrogens (tertiary/aromatic N) is 1. The molecule has 4 unspecified atom stereocenters. The van der Waals surface area contributed by atoms with Crippen LogP contribution in [0.25, 0.3) is 0 Å². The first-order valence-corrected chi connectivity index (χ1v) is 8.26. The molecule has 0 amide bonds. The fraction of sp³-hybridized carbons (Fsp3) is 0.667. The van der Waals surface area contributed by atoms with Crippen LogP contribution in [0.15, 0.2) is 24.3 Å². The van der Waals surface area contributed by atoms with Crippen LogP contribution < -0.4 is 5.73 Å². The third kappa shape index (κ3) is 3.85. The zero-order chi connectivity index (χ0) is 15.4. The van der Waals surface area contributed by atoms with Crippen molar-refractivity contribution in [1.29, 1.82) is 0 Å². The van der Waals surface area contributed by atoms with Gasteiger partial charge in [0.2, 0.25) is 0 Å². The lowest BCUT2D eigenvalue weighted by Gasteiger charge is -2.45. The molecule has 21 heavy (non-hydrogen) atoms. The highest BCUT2D eigenvalue weighted by atomic mass is 16.5. The van der Waals surface area contributed by atoms with E-state index < -0.39 is 0 Å². The molecule has 4 atom stereocenters. The van der Waals surface area contributed by atoms with Gasteiger partial charge in [0, 0.05) is 18.6 Å². The van der Waals surface area contributed by atoms with E-state index in [0.29, 0.717) is 6.04 Å². The fourth-order valence-corrected chi connectivity index (χ4v) is 3.32. The first-order valence-electron chi connectivity index (χ1n) is 8.26. The summed E-state index contributed by atoms with van der Waals surface area (Å²) in [4.78, 5) is 2.58. The number of hydrogen-bond acceptors (Lipinski definition) is 3. The maximum Gasteiger partial charge on any atom is 0.0675 e. The molecular weight excluding hydrogens is 260 g/mol. The van der Waals surface area contributed by atoms with Gasteiger partial charge in [0.25, 0.3) is 0 Å². The van der Waals surface area contributed by atoms with Gasteiger partial charge in [0.15, 0.2) is 0 Å². The summed E-state index contributed by atoms with van der Waals surface area (Å²) in [6.45, 7) is 10.5. The normalized spacial score (nSPS) is 26.5. The molecule has 1 heterocycles. The van der Waals surface area contributed by atoms with Crippen LogP contribution >= 0.6 is 0 Å². The fourth-order valence-electron chi connectivity index (χ4n) is 3.32. The Labute approximate surface area is 129 Å². The van der Waals surface area contributed by atoms with Crippen molar-refractivity contribution < 1.29 is 4.74 Å². The van der Waals surface area contributed by atoms with E-state index in [0.717, 1.165) is 26.0 Å². The Morgan fingerprint density at radius 3 is 2.76 bits per heavy atom. The van der Waals surface area contributed by atoms with Crippen LogP contribution in [-0.2, 0) is 4.74 Å². The Balaban J connectivity index is 2.34. The van der Waals surface area contributed by atoms with E-state index in [1.165, 1.54) is 11.1 Å². The van der Waals surface area contributed by atoms with Crippen molar-refractivity contribution in [3.8, 4) is 0 Å². The maximum atomic E-state index is 6.51. The second kappa shape index (κ2) is 7.39. The predicted molar refractivity (Wildman–Crippen MR) is 88.4 cm³/mol. The zero-order valence-corrected chi connectivity index (χ0v) is 13.9. The number of ether oxygens (including phenoxy) is 1. The largest absolute Gasteiger partial charge is 0.376 e. The quantitative estimate of drug-likeness (QED) is 0.904. The molecular formula is C18H30N2O. The van der Waals surface area contributed by atoms with E-state index >= 15 is 0 Å². The van der Waals surface area contributed by atoms with E-state index in [-0.39, 0.29) is 18.2 Å². The van der Waals surface area contributed by atoms with Gasteiger partial charge in [-0.3, -0.25) is 4.90 Å². The summed E-state index contributed by atoms with van der Waals surface area (Å²) in [5.41, 5.74) is 9.16. The summed E-state index contributed by atoms with van der Waals surface area (Å²) in [5, 5.41) is 0. The molecule has 2 N–H and O–H groups in total. The van der Waals surface area contributed by atoms with Crippen LogP contribution in [0.4, 0.5) is 0 Å². The van der Waals surface area contributed by atoms with Crippen molar-refractivity contribution in [3.05, 3.63) is 35.4 Å². The smallest absolute Gasteiger partial charge is 0.0675 e. The van der Waals surface area contributed by atoms with E-state index in [4.69, 9.17) is 10.5 Å². The minimum Gasteiger partial charge on any atom is -0.376 e. The molecule has 0 aliphatic carbocycles. The van der Waals surface area contributed by atoms with Crippen LogP contribution in [0.5, 0.6) is 0 Å². The lowest BCUT2D eigenvalue weighted by molar-refractivity contribution is -0.0771. The lowest BCUT2D eigenvalue weighted by Crippen LogP contribution is -2.53. The third-order valence-corrected chi connectivity index (χ3v) is 4.60. The minimum absolute atomic E-state index is 0.158. The van der Waals surface area contributed by atoms with Gasteiger partial charge in [-0.05, 0) is 32.3 Å². The first-order chi connectivity index (χ1) is 10.1. The Hall–Kier alpha value is -0.900. The molecule has 0 radical (unpaired) electrons. The summed E-state index contributed by atoms with van der Waals surface area (Å²) in [5.74, 6) is 0. The minimum atomic E-state index is 0.158. The van der Waals surface area contributed by atoms with Gasteiger partial charge in [-0.25, -0.2) is 0 Å². The van der Waals surface area contributed by atoms with Gasteiger partial charge in [-0.15, -0.1) is 0 Å². The maximum absolute atomic E-state index is 6.51. The van der Waals surface area contributed by atoms with Gasteiger partial charge in [-0.2, -0.15) is 0 Å². The summed E-state index contributed by atoms with van der Waals surface area (Å²) >= 11 is 0. The molecule has 2 rings (SSSR count). The number of hydrogen-bond donors (Lipinski definition) is 1. The summed E-state index contributed by atoms with van der Waals surface area (Å²) in [7, 11) is 0. The first kappa shape index (κ1) is 16.5. The van der Waals surface area contributed by atoms with Gasteiger partial charge < -0.3 is 10.5 Å². The van der Waals surface area contributed by atoms with Crippen molar-refractivity contribution >= 4 is 0 Å². The van der Waals surface area contributed by atoms with E-state index in [9.17, 15) is 0 Å². The van der Waals surface area contributed by atoms with Crippen molar-refractivity contribution in [2.75, 3.05) is 13.2 Å². The highest BCUT2D eigenvalue weighted by molar-refractivity contribution is 5.26. The number of rotatable bonds is 5. The van der Waals surface area contributed by atoms with Gasteiger partial charge in [0.05, 0.1) is 18.8 Å². The summed E-state index contributed by atoms with van der Waals surface area (Å²) in [6, 6.07) is 9.71. The van der Waals surface area contributed by atoms with Gasteiger partial charge >= 0.3 is 0 Å². The second-order valence-corrected chi connectivity index (χ2v) is 6.33. The third-order valence-electron chi connectivity index (χ3n) is 4.60. The van der Waals surface area contributed by atoms with Crippen LogP contribution in [-0.4, -0.2) is 36.2 Å². The Bertz CT molecular complexity index is 449. The van der Waals surface area contributed by atoms with Crippen molar-refractivity contribution in [2.45, 2.75) is 64.8 Å². The number of morpholine rings is 1. The summed E-state index contributed by atoms with van der Waals surface area (Å²) in [6.07, 6.45) is 2.37. The number of aryl methyl sites for hydroxylation is 1. The SMILES string of the molecule is CCC(N)C(c1cccc(C)c1)N1CC(C)OCC1CC. The Morgan fingerprint density at radius 2 is 2.14 bits per heavy atom. The molecule has 1 fully saturated rings. The molecule has 1 aromatic rings. The lowest BCUT2D eigenvalue weighted by atomic mass is 9.92. The standard InChI is InChI=1S/C18H30N2O/c1-5-16-12-21-14(4)11-20(16)18(17(19)6-2)15-9-7-8-13(3)10-15/h7-10,14,16-18H,5-6,11-12,19H2,1-4H3. The highest BCUT2D eigenvalue weighted by Crippen LogP contribution is 2.31. The Morgan fingerprint density at radius 1 is 1.38 bits per heavy atom. The second-order valence-electron chi connectivity index (χ2n) is 6.33. The molecule has 1 aliphatic rings. The van der Waals surface area contributed by atoms with E-state index in [2.05, 4.69) is 56.9 Å². The van der Waals surface area contributed by atoms with Crippen molar-refractivity contribution in [3.63, 3.8) is 0 Å². The molecule has 0 saturated carbocycles. The molecule has 1 aromatic carbocycles. The van der Waals surface area contributed by atoms with Crippen LogP contribution in [0.1, 0.15) is 50.8 Å². The molecule has 0 spiro atoms. The number of benzene rings is 1. The van der Waals surface area contributed by atoms with Gasteiger partial charge in [0.1, 0.15) is 0 Å². The molecule has 3 heteroatoms. The zero-order valence-electron chi connectivity index (χ0n) is 13.9. The average molecular weight is 290 g/mol. The molecule has 118 valence electrons. The molecule has 3 nitrogen and oxygen atoms in total. The topological polar surface area (TPSA) is 38.5 Å². The van der Waals surface area contributed by atoms with E-state index in [1.54, 1.807) is 0 Å². The van der Waals surface area contributed by atoms with Crippen LogP contribution in [0, 0.1) is 6.92 Å². The monoisotopic (exact) mass is 290 g/mol. The van der Waals surface area contributed by atoms with E-state index in [1.807, 2.05) is 0 Å². The van der Waals surface area contributed by atoms with Crippen molar-refractivity contribution in [2.24, 2.45) is 5.73 Å². The molecule has 1 saturated heterocycles. The van der Waals surface area contributed by atoms with Gasteiger partial charge in [-0.1, -0.05) is 43.7 Å². The molecule has 0 aromatic heterocycles. The predicted octanol–water partition coefficient (Wildman–Crippen LogP) is 3.27. The molecule has 0 bridgehead atoms. The van der Waals surface area contributed by atoms with Crippen LogP contribution in [0.3, 0.4) is 0 Å². The van der Waals surface area contributed by atoms with Crippen LogP contribution in [0.2, 0.25) is 0 Å². The Kier molecular flexibility index (Phi) is 5.80.